The Bertz CT molecular complexity index is 827. The summed E-state index contributed by atoms with van der Waals surface area (Å²) < 4.78 is 5.38. The van der Waals surface area contributed by atoms with Crippen LogP contribution in [-0.2, 0) is 30.5 Å². The first-order valence-corrected chi connectivity index (χ1v) is 11.7. The monoisotopic (exact) mass is 477 g/mol. The van der Waals surface area contributed by atoms with Crippen LogP contribution < -0.4 is 10.6 Å². The van der Waals surface area contributed by atoms with Crippen molar-refractivity contribution in [3.63, 3.8) is 0 Å². The zero-order chi connectivity index (χ0) is 26.0. The molecule has 0 heterocycles. The standard InChI is InChI=1S/C25H39N3O6/c1-8-17(6)21(26-18(7)29)24(31)28(33)22(16(4)5)23(30)27-20(15(2)3)25(32)34-14-19-12-10-9-11-13-19/h9-13,15-17,20-22,33H,8,14H2,1-7H3,(H,26,29)(H,27,30)/t17-,20-,21-,22-/m0/s1. The molecule has 9 heteroatoms. The fourth-order valence-corrected chi connectivity index (χ4v) is 3.43. The molecule has 1 aromatic carbocycles. The Labute approximate surface area is 202 Å². The van der Waals surface area contributed by atoms with Gasteiger partial charge >= 0.3 is 5.97 Å². The first-order valence-electron chi connectivity index (χ1n) is 11.7. The first-order chi connectivity index (χ1) is 15.9. The lowest BCUT2D eigenvalue weighted by atomic mass is 9.95. The summed E-state index contributed by atoms with van der Waals surface area (Å²) in [5.74, 6) is -3.54. The largest absolute Gasteiger partial charge is 0.459 e. The number of nitrogens with one attached hydrogen (secondary N) is 2. The van der Waals surface area contributed by atoms with E-state index in [2.05, 4.69) is 10.6 Å². The van der Waals surface area contributed by atoms with Crippen molar-refractivity contribution in [2.45, 2.75) is 79.6 Å². The van der Waals surface area contributed by atoms with Gasteiger partial charge < -0.3 is 15.4 Å². The molecule has 0 aromatic heterocycles. The lowest BCUT2D eigenvalue weighted by Crippen LogP contribution is -2.59. The molecule has 34 heavy (non-hydrogen) atoms. The maximum Gasteiger partial charge on any atom is 0.329 e. The average molecular weight is 478 g/mol. The van der Waals surface area contributed by atoms with Crippen LogP contribution in [0.2, 0.25) is 0 Å². The van der Waals surface area contributed by atoms with E-state index in [0.717, 1.165) is 5.56 Å². The minimum Gasteiger partial charge on any atom is -0.459 e. The molecule has 0 aliphatic rings. The number of ether oxygens (including phenoxy) is 1. The van der Waals surface area contributed by atoms with Crippen LogP contribution in [0.3, 0.4) is 0 Å². The molecule has 3 N–H and O–H groups in total. The van der Waals surface area contributed by atoms with E-state index in [0.29, 0.717) is 11.5 Å². The van der Waals surface area contributed by atoms with Gasteiger partial charge in [-0.2, -0.15) is 0 Å². The summed E-state index contributed by atoms with van der Waals surface area (Å²) >= 11 is 0. The molecule has 0 saturated heterocycles. The second kappa shape index (κ2) is 13.7. The van der Waals surface area contributed by atoms with Gasteiger partial charge in [0.1, 0.15) is 24.7 Å². The van der Waals surface area contributed by atoms with Gasteiger partial charge in [0.25, 0.3) is 5.91 Å². The Balaban J connectivity index is 3.01. The molecule has 9 nitrogen and oxygen atoms in total. The second-order valence-corrected chi connectivity index (χ2v) is 9.26. The normalized spacial score (nSPS) is 14.6. The van der Waals surface area contributed by atoms with E-state index >= 15 is 0 Å². The minimum absolute atomic E-state index is 0.0598. The molecule has 0 saturated carbocycles. The number of benzene rings is 1. The zero-order valence-corrected chi connectivity index (χ0v) is 21.2. The summed E-state index contributed by atoms with van der Waals surface area (Å²) in [7, 11) is 0. The molecular formula is C25H39N3O6. The van der Waals surface area contributed by atoms with E-state index in [9.17, 15) is 24.4 Å². The molecule has 190 valence electrons. The van der Waals surface area contributed by atoms with E-state index in [1.807, 2.05) is 37.3 Å². The molecule has 0 unspecified atom stereocenters. The van der Waals surface area contributed by atoms with Crippen LogP contribution in [0, 0.1) is 17.8 Å². The van der Waals surface area contributed by atoms with Crippen molar-refractivity contribution in [2.24, 2.45) is 17.8 Å². The Morgan fingerprint density at radius 1 is 0.941 bits per heavy atom. The van der Waals surface area contributed by atoms with Crippen LogP contribution in [0.5, 0.6) is 0 Å². The van der Waals surface area contributed by atoms with E-state index in [4.69, 9.17) is 4.74 Å². The van der Waals surface area contributed by atoms with Gasteiger partial charge in [-0.15, -0.1) is 0 Å². The van der Waals surface area contributed by atoms with Crippen LogP contribution in [0.4, 0.5) is 0 Å². The maximum absolute atomic E-state index is 13.1. The fraction of sp³-hybridized carbons (Fsp3) is 0.600. The topological polar surface area (TPSA) is 125 Å². The highest BCUT2D eigenvalue weighted by Crippen LogP contribution is 2.17. The molecule has 0 aliphatic heterocycles. The highest BCUT2D eigenvalue weighted by Gasteiger charge is 2.39. The van der Waals surface area contributed by atoms with Crippen molar-refractivity contribution in [3.8, 4) is 0 Å². The van der Waals surface area contributed by atoms with Crippen molar-refractivity contribution in [2.75, 3.05) is 0 Å². The van der Waals surface area contributed by atoms with E-state index < -0.39 is 47.7 Å². The number of carbonyl (C=O) groups excluding carboxylic acids is 4. The predicted molar refractivity (Wildman–Crippen MR) is 127 cm³/mol. The molecule has 0 bridgehead atoms. The molecule has 0 fully saturated rings. The van der Waals surface area contributed by atoms with Crippen LogP contribution in [0.15, 0.2) is 30.3 Å². The fourth-order valence-electron chi connectivity index (χ4n) is 3.43. The zero-order valence-electron chi connectivity index (χ0n) is 21.2. The number of amides is 3. The average Bonchev–Trinajstić information content (AvgIpc) is 2.78. The number of hydrogen-bond acceptors (Lipinski definition) is 6. The van der Waals surface area contributed by atoms with Crippen molar-refractivity contribution >= 4 is 23.7 Å². The van der Waals surface area contributed by atoms with Gasteiger partial charge in [-0.05, 0) is 23.3 Å². The van der Waals surface area contributed by atoms with Gasteiger partial charge in [0.2, 0.25) is 11.8 Å². The number of carbonyl (C=O) groups is 4. The summed E-state index contributed by atoms with van der Waals surface area (Å²) in [5, 5.41) is 16.3. The smallest absolute Gasteiger partial charge is 0.329 e. The molecular weight excluding hydrogens is 438 g/mol. The van der Waals surface area contributed by atoms with Crippen LogP contribution in [0.25, 0.3) is 0 Å². The summed E-state index contributed by atoms with van der Waals surface area (Å²) in [4.78, 5) is 50.5. The highest BCUT2D eigenvalue weighted by atomic mass is 16.5. The number of rotatable bonds is 12. The molecule has 0 radical (unpaired) electrons. The summed E-state index contributed by atoms with van der Waals surface area (Å²) in [6.45, 7) is 11.8. The molecule has 1 rings (SSSR count). The third-order valence-electron chi connectivity index (χ3n) is 5.67. The minimum atomic E-state index is -1.27. The third kappa shape index (κ3) is 8.44. The first kappa shape index (κ1) is 29.1. The third-order valence-corrected chi connectivity index (χ3v) is 5.67. The molecule has 0 aliphatic carbocycles. The SMILES string of the molecule is CC[C@H](C)[C@H](NC(C)=O)C(=O)N(O)[C@H](C(=O)N[C@H](C(=O)OCc1ccccc1)C(C)C)C(C)C. The highest BCUT2D eigenvalue weighted by molar-refractivity contribution is 5.93. The lowest BCUT2D eigenvalue weighted by Gasteiger charge is -2.33. The predicted octanol–water partition coefficient (Wildman–Crippen LogP) is 2.66. The quantitative estimate of drug-likeness (QED) is 0.241. The van der Waals surface area contributed by atoms with Crippen molar-refractivity contribution in [3.05, 3.63) is 35.9 Å². The van der Waals surface area contributed by atoms with Crippen molar-refractivity contribution in [1.82, 2.24) is 15.7 Å². The second-order valence-electron chi connectivity index (χ2n) is 9.26. The van der Waals surface area contributed by atoms with Crippen molar-refractivity contribution < 1.29 is 29.1 Å². The molecule has 0 spiro atoms. The number of esters is 1. The number of hydroxylamine groups is 2. The van der Waals surface area contributed by atoms with Crippen LogP contribution in [0.1, 0.15) is 60.5 Å². The van der Waals surface area contributed by atoms with Gasteiger partial charge in [-0.25, -0.2) is 9.86 Å². The van der Waals surface area contributed by atoms with E-state index in [-0.39, 0.29) is 18.4 Å². The van der Waals surface area contributed by atoms with Crippen LogP contribution in [-0.4, -0.2) is 52.1 Å². The Morgan fingerprint density at radius 3 is 2.00 bits per heavy atom. The summed E-state index contributed by atoms with van der Waals surface area (Å²) in [6, 6.07) is 5.94. The van der Waals surface area contributed by atoms with E-state index in [1.54, 1.807) is 34.6 Å². The summed E-state index contributed by atoms with van der Waals surface area (Å²) in [5.41, 5.74) is 0.811. The number of nitrogens with zero attached hydrogens (tertiary/aromatic N) is 1. The maximum atomic E-state index is 13.1. The Kier molecular flexibility index (Phi) is 11.7. The Hall–Kier alpha value is -2.94. The van der Waals surface area contributed by atoms with Crippen LogP contribution >= 0.6 is 0 Å². The van der Waals surface area contributed by atoms with Crippen molar-refractivity contribution in [1.29, 1.82) is 0 Å². The van der Waals surface area contributed by atoms with Gasteiger partial charge in [-0.1, -0.05) is 78.3 Å². The van der Waals surface area contributed by atoms with E-state index in [1.165, 1.54) is 6.92 Å². The molecule has 3 amide bonds. The van der Waals surface area contributed by atoms with Gasteiger partial charge in [0.05, 0.1) is 0 Å². The lowest BCUT2D eigenvalue weighted by molar-refractivity contribution is -0.187. The molecule has 4 atom stereocenters. The van der Waals surface area contributed by atoms with Gasteiger partial charge in [-0.3, -0.25) is 19.6 Å². The number of hydrogen-bond donors (Lipinski definition) is 3. The molecule has 1 aromatic rings. The van der Waals surface area contributed by atoms with Gasteiger partial charge in [0, 0.05) is 6.92 Å². The summed E-state index contributed by atoms with van der Waals surface area (Å²) in [6.07, 6.45) is 0.575. The Morgan fingerprint density at radius 2 is 1.53 bits per heavy atom. The van der Waals surface area contributed by atoms with Gasteiger partial charge in [0.15, 0.2) is 0 Å².